The molecule has 222 valence electrons. The van der Waals surface area contributed by atoms with Gasteiger partial charge in [-0.1, -0.05) is 17.7 Å². The summed E-state index contributed by atoms with van der Waals surface area (Å²) >= 11 is 0. The quantitative estimate of drug-likeness (QED) is 0.276. The van der Waals surface area contributed by atoms with Crippen LogP contribution in [0.5, 0.6) is 11.5 Å². The van der Waals surface area contributed by atoms with Crippen molar-refractivity contribution in [2.24, 2.45) is 22.2 Å². The topological polar surface area (TPSA) is 182 Å². The first-order chi connectivity index (χ1) is 20.0. The van der Waals surface area contributed by atoms with E-state index in [0.717, 1.165) is 33.5 Å². The van der Waals surface area contributed by atoms with Crippen LogP contribution in [0, 0.1) is 20.8 Å². The standard InChI is InChI=1S/C30H37N7O5/c1-6-42-23-13-19-7-9-36-21(20(19)14-22(23)41-5)15-24(35-27-17(3)11-16(2)12-18(27)4)37(30(36)40)10-8-34-29(39)26(32)25(31)28(33)38/h11-15H,6-10,31-32H2,1-5H3,(H2,33,38)(H,34,39)/b26-25-,35-24?. The van der Waals surface area contributed by atoms with E-state index < -0.39 is 23.2 Å². The number of methoxy groups -OCH3 is 1. The number of aryl methyl sites for hydroxylation is 4. The second-order valence-corrected chi connectivity index (χ2v) is 10.1. The molecule has 1 aliphatic rings. The van der Waals surface area contributed by atoms with E-state index in [0.29, 0.717) is 42.3 Å². The van der Waals surface area contributed by atoms with Gasteiger partial charge in [0.2, 0.25) is 0 Å². The highest BCUT2D eigenvalue weighted by molar-refractivity contribution is 6.02. The lowest BCUT2D eigenvalue weighted by molar-refractivity contribution is -0.119. The molecule has 7 N–H and O–H groups in total. The third-order valence-electron chi connectivity index (χ3n) is 7.15. The fraction of sp³-hybridized carbons (Fsp3) is 0.333. The van der Waals surface area contributed by atoms with Crippen LogP contribution in [0.1, 0.15) is 29.2 Å². The van der Waals surface area contributed by atoms with Crippen LogP contribution in [-0.2, 0) is 29.1 Å². The highest BCUT2D eigenvalue weighted by Gasteiger charge is 2.23. The summed E-state index contributed by atoms with van der Waals surface area (Å²) in [5.74, 6) is -0.544. The molecule has 12 heteroatoms. The molecule has 0 aliphatic carbocycles. The zero-order chi connectivity index (χ0) is 30.7. The molecule has 2 amide bonds. The van der Waals surface area contributed by atoms with E-state index in [2.05, 4.69) is 5.32 Å². The molecule has 1 aliphatic heterocycles. The van der Waals surface area contributed by atoms with Crippen molar-refractivity contribution < 1.29 is 19.1 Å². The number of nitrogens with zero attached hydrogens (tertiary/aromatic N) is 3. The van der Waals surface area contributed by atoms with Gasteiger partial charge >= 0.3 is 5.69 Å². The lowest BCUT2D eigenvalue weighted by Crippen LogP contribution is -2.44. The van der Waals surface area contributed by atoms with Gasteiger partial charge in [0.15, 0.2) is 11.5 Å². The van der Waals surface area contributed by atoms with Crippen LogP contribution < -0.4 is 43.2 Å². The minimum absolute atomic E-state index is 0.0152. The number of primary amides is 1. The summed E-state index contributed by atoms with van der Waals surface area (Å²) in [6, 6.07) is 9.80. The minimum atomic E-state index is -1.000. The van der Waals surface area contributed by atoms with Gasteiger partial charge < -0.3 is 32.0 Å². The van der Waals surface area contributed by atoms with Crippen molar-refractivity contribution in [3.8, 4) is 22.8 Å². The third kappa shape index (κ3) is 5.87. The number of hydrogen-bond donors (Lipinski definition) is 4. The Morgan fingerprint density at radius 3 is 2.31 bits per heavy atom. The number of amides is 2. The number of aromatic nitrogens is 2. The summed E-state index contributed by atoms with van der Waals surface area (Å²) in [4.78, 5) is 42.7. The first kappa shape index (κ1) is 30.0. The largest absolute Gasteiger partial charge is 0.493 e. The van der Waals surface area contributed by atoms with Gasteiger partial charge in [0.1, 0.15) is 16.9 Å². The van der Waals surface area contributed by atoms with Gasteiger partial charge in [-0.3, -0.25) is 18.7 Å². The summed E-state index contributed by atoms with van der Waals surface area (Å²) < 4.78 is 14.6. The Balaban J connectivity index is 1.86. The van der Waals surface area contributed by atoms with Gasteiger partial charge in [-0.05, 0) is 62.9 Å². The highest BCUT2D eigenvalue weighted by atomic mass is 16.5. The molecule has 12 nitrogen and oxygen atoms in total. The highest BCUT2D eigenvalue weighted by Crippen LogP contribution is 2.37. The minimum Gasteiger partial charge on any atom is -0.493 e. The van der Waals surface area contributed by atoms with Crippen molar-refractivity contribution in [1.82, 2.24) is 14.5 Å². The Morgan fingerprint density at radius 1 is 1.00 bits per heavy atom. The van der Waals surface area contributed by atoms with E-state index in [4.69, 9.17) is 31.7 Å². The molecule has 0 saturated heterocycles. The molecule has 1 aromatic heterocycles. The van der Waals surface area contributed by atoms with Crippen LogP contribution in [0.4, 0.5) is 5.69 Å². The van der Waals surface area contributed by atoms with Gasteiger partial charge in [-0.15, -0.1) is 0 Å². The zero-order valence-electron chi connectivity index (χ0n) is 24.5. The molecule has 0 radical (unpaired) electrons. The number of nitrogens with one attached hydrogen (secondary N) is 1. The number of nitrogens with two attached hydrogens (primary N) is 3. The maximum absolute atomic E-state index is 14.0. The molecule has 2 heterocycles. The van der Waals surface area contributed by atoms with Gasteiger partial charge in [-0.25, -0.2) is 9.79 Å². The summed E-state index contributed by atoms with van der Waals surface area (Å²) in [5, 5.41) is 2.59. The van der Waals surface area contributed by atoms with E-state index >= 15 is 0 Å². The van der Waals surface area contributed by atoms with Crippen molar-refractivity contribution in [2.45, 2.75) is 47.2 Å². The van der Waals surface area contributed by atoms with Gasteiger partial charge in [0.05, 0.1) is 25.1 Å². The number of rotatable bonds is 9. The number of ether oxygens (including phenoxy) is 2. The van der Waals surface area contributed by atoms with Crippen molar-refractivity contribution >= 4 is 17.5 Å². The maximum atomic E-state index is 14.0. The summed E-state index contributed by atoms with van der Waals surface area (Å²) in [6.07, 6.45) is 0.615. The van der Waals surface area contributed by atoms with Gasteiger partial charge in [-0.2, -0.15) is 0 Å². The van der Waals surface area contributed by atoms with E-state index in [1.165, 1.54) is 4.57 Å². The predicted molar refractivity (Wildman–Crippen MR) is 159 cm³/mol. The van der Waals surface area contributed by atoms with Crippen molar-refractivity contribution in [3.63, 3.8) is 0 Å². The molecular formula is C30H37N7O5. The lowest BCUT2D eigenvalue weighted by Gasteiger charge is -2.25. The van der Waals surface area contributed by atoms with Crippen molar-refractivity contribution in [1.29, 1.82) is 0 Å². The van der Waals surface area contributed by atoms with Gasteiger partial charge in [0, 0.05) is 31.3 Å². The SMILES string of the molecule is CCOc1cc2c(cc1OC)-c1cc(=Nc3c(C)cc(C)cc3C)n(CCNC(=O)/C(N)=C(/N)C(N)=O)c(=O)n1CC2. The molecule has 0 fully saturated rings. The second-order valence-electron chi connectivity index (χ2n) is 10.1. The van der Waals surface area contributed by atoms with Crippen LogP contribution in [0.25, 0.3) is 11.3 Å². The Hall–Kier alpha value is -5.00. The number of fused-ring (bicyclic) bond motifs is 3. The molecule has 0 saturated carbocycles. The number of benzene rings is 2. The average molecular weight is 576 g/mol. The van der Waals surface area contributed by atoms with Gasteiger partial charge in [0.25, 0.3) is 11.8 Å². The van der Waals surface area contributed by atoms with Crippen molar-refractivity contribution in [3.05, 3.63) is 80.0 Å². The first-order valence-electron chi connectivity index (χ1n) is 13.6. The Bertz CT molecular complexity index is 1710. The fourth-order valence-corrected chi connectivity index (χ4v) is 5.17. The molecule has 0 atom stereocenters. The van der Waals surface area contributed by atoms with Crippen LogP contribution in [0.3, 0.4) is 0 Å². The average Bonchev–Trinajstić information content (AvgIpc) is 2.94. The van der Waals surface area contributed by atoms with E-state index in [-0.39, 0.29) is 18.8 Å². The summed E-state index contributed by atoms with van der Waals surface area (Å²) in [5.41, 5.74) is 21.8. The van der Waals surface area contributed by atoms with Crippen LogP contribution in [-0.4, -0.2) is 41.2 Å². The van der Waals surface area contributed by atoms with E-state index in [1.807, 2.05) is 58.0 Å². The molecule has 0 bridgehead atoms. The Kier molecular flexibility index (Phi) is 8.74. The molecule has 4 rings (SSSR count). The number of carbonyl (C=O) groups is 2. The summed E-state index contributed by atoms with van der Waals surface area (Å²) in [7, 11) is 1.58. The number of hydrogen-bond acceptors (Lipinski definition) is 8. The van der Waals surface area contributed by atoms with E-state index in [9.17, 15) is 14.4 Å². The second kappa shape index (κ2) is 12.2. The smallest absolute Gasteiger partial charge is 0.330 e. The molecule has 0 spiro atoms. The van der Waals surface area contributed by atoms with Crippen LogP contribution in [0.2, 0.25) is 0 Å². The van der Waals surface area contributed by atoms with Crippen LogP contribution >= 0.6 is 0 Å². The third-order valence-corrected chi connectivity index (χ3v) is 7.15. The van der Waals surface area contributed by atoms with E-state index in [1.54, 1.807) is 11.7 Å². The Labute approximate surface area is 243 Å². The molecule has 0 unspecified atom stereocenters. The molecular weight excluding hydrogens is 538 g/mol. The monoisotopic (exact) mass is 575 g/mol. The van der Waals surface area contributed by atoms with Crippen molar-refractivity contribution in [2.75, 3.05) is 20.3 Å². The summed E-state index contributed by atoms with van der Waals surface area (Å²) in [6.45, 7) is 8.91. The zero-order valence-corrected chi connectivity index (χ0v) is 24.5. The molecule has 3 aromatic rings. The maximum Gasteiger partial charge on any atom is 0.330 e. The molecule has 42 heavy (non-hydrogen) atoms. The fourth-order valence-electron chi connectivity index (χ4n) is 5.17. The first-order valence-corrected chi connectivity index (χ1v) is 13.6. The lowest BCUT2D eigenvalue weighted by atomic mass is 9.97. The van der Waals surface area contributed by atoms with Crippen LogP contribution in [0.15, 0.2) is 51.5 Å². The Morgan fingerprint density at radius 2 is 1.69 bits per heavy atom. The normalized spacial score (nSPS) is 13.1. The predicted octanol–water partition coefficient (Wildman–Crippen LogP) is 1.17. The molecule has 2 aromatic carbocycles. The number of carbonyl (C=O) groups excluding carboxylic acids is 2.